The summed E-state index contributed by atoms with van der Waals surface area (Å²) in [6.07, 6.45) is 3.37. The molecular formula is C11H21NO3. The lowest BCUT2D eigenvalue weighted by Gasteiger charge is -2.28. The molecule has 1 heterocycles. The molecule has 0 aromatic heterocycles. The van der Waals surface area contributed by atoms with Gasteiger partial charge < -0.3 is 9.84 Å². The van der Waals surface area contributed by atoms with Crippen LogP contribution in [-0.4, -0.2) is 47.8 Å². The highest BCUT2D eigenvalue weighted by Crippen LogP contribution is 2.15. The molecule has 0 aromatic rings. The van der Waals surface area contributed by atoms with Gasteiger partial charge in [-0.25, -0.2) is 0 Å². The van der Waals surface area contributed by atoms with Gasteiger partial charge in [-0.1, -0.05) is 6.92 Å². The molecule has 1 rings (SSSR count). The van der Waals surface area contributed by atoms with E-state index in [1.54, 1.807) is 0 Å². The van der Waals surface area contributed by atoms with Gasteiger partial charge in [0, 0.05) is 19.2 Å². The van der Waals surface area contributed by atoms with Crippen molar-refractivity contribution >= 4 is 5.97 Å². The summed E-state index contributed by atoms with van der Waals surface area (Å²) in [4.78, 5) is 12.7. The molecule has 0 aliphatic carbocycles. The smallest absolute Gasteiger partial charge is 0.317 e. The molecule has 1 N–H and O–H groups in total. The van der Waals surface area contributed by atoms with Crippen LogP contribution in [-0.2, 0) is 9.53 Å². The van der Waals surface area contributed by atoms with E-state index in [4.69, 9.17) is 9.84 Å². The van der Waals surface area contributed by atoms with Crippen LogP contribution in [0.1, 0.15) is 33.1 Å². The molecule has 1 aliphatic heterocycles. The number of aliphatic carboxylic acids is 1. The van der Waals surface area contributed by atoms with E-state index in [1.807, 2.05) is 4.90 Å². The molecule has 0 saturated carbocycles. The van der Waals surface area contributed by atoms with Crippen LogP contribution < -0.4 is 0 Å². The van der Waals surface area contributed by atoms with Crippen molar-refractivity contribution in [2.75, 3.05) is 19.7 Å². The number of carboxylic acid groups (broad SMARTS) is 1. The summed E-state index contributed by atoms with van der Waals surface area (Å²) < 4.78 is 5.53. The van der Waals surface area contributed by atoms with Crippen molar-refractivity contribution in [3.8, 4) is 0 Å². The zero-order valence-corrected chi connectivity index (χ0v) is 9.61. The Bertz CT molecular complexity index is 202. The zero-order chi connectivity index (χ0) is 11.3. The molecule has 4 heteroatoms. The molecule has 1 saturated heterocycles. The van der Waals surface area contributed by atoms with Crippen LogP contribution in [0, 0.1) is 0 Å². The zero-order valence-electron chi connectivity index (χ0n) is 9.61. The average Bonchev–Trinajstić information content (AvgIpc) is 2.67. The molecule has 0 bridgehead atoms. The van der Waals surface area contributed by atoms with Crippen LogP contribution in [0.4, 0.5) is 0 Å². The minimum Gasteiger partial charge on any atom is -0.480 e. The van der Waals surface area contributed by atoms with Gasteiger partial charge in [0.15, 0.2) is 0 Å². The SMILES string of the molecule is CCC(C)N(CC(=O)O)CC1CCCO1. The molecule has 0 radical (unpaired) electrons. The van der Waals surface area contributed by atoms with Gasteiger partial charge in [0.2, 0.25) is 0 Å². The quantitative estimate of drug-likeness (QED) is 0.726. The Kier molecular flexibility index (Phi) is 5.05. The van der Waals surface area contributed by atoms with Crippen LogP contribution >= 0.6 is 0 Å². The summed E-state index contributed by atoms with van der Waals surface area (Å²) in [5, 5.41) is 8.82. The van der Waals surface area contributed by atoms with Gasteiger partial charge >= 0.3 is 5.97 Å². The van der Waals surface area contributed by atoms with Gasteiger partial charge in [-0.3, -0.25) is 9.69 Å². The summed E-state index contributed by atoms with van der Waals surface area (Å²) in [6.45, 7) is 5.84. The molecular weight excluding hydrogens is 194 g/mol. The third-order valence-corrected chi connectivity index (χ3v) is 3.01. The van der Waals surface area contributed by atoms with Gasteiger partial charge in [0.05, 0.1) is 12.6 Å². The molecule has 4 nitrogen and oxygen atoms in total. The van der Waals surface area contributed by atoms with E-state index in [0.29, 0.717) is 6.04 Å². The predicted molar refractivity (Wildman–Crippen MR) is 57.9 cm³/mol. The number of ether oxygens (including phenoxy) is 1. The highest BCUT2D eigenvalue weighted by atomic mass is 16.5. The topological polar surface area (TPSA) is 49.8 Å². The number of carbonyl (C=O) groups is 1. The first-order valence-corrected chi connectivity index (χ1v) is 5.71. The summed E-state index contributed by atoms with van der Waals surface area (Å²) in [7, 11) is 0. The number of rotatable bonds is 6. The second kappa shape index (κ2) is 6.08. The number of hydrogen-bond acceptors (Lipinski definition) is 3. The lowest BCUT2D eigenvalue weighted by molar-refractivity contribution is -0.139. The molecule has 0 aromatic carbocycles. The fourth-order valence-electron chi connectivity index (χ4n) is 1.88. The fraction of sp³-hybridized carbons (Fsp3) is 0.909. The Hall–Kier alpha value is -0.610. The molecule has 1 aliphatic rings. The highest BCUT2D eigenvalue weighted by molar-refractivity contribution is 5.69. The largest absolute Gasteiger partial charge is 0.480 e. The van der Waals surface area contributed by atoms with Crippen LogP contribution in [0.2, 0.25) is 0 Å². The van der Waals surface area contributed by atoms with Crippen molar-refractivity contribution in [1.82, 2.24) is 4.90 Å². The van der Waals surface area contributed by atoms with E-state index in [0.717, 1.165) is 32.4 Å². The second-order valence-electron chi connectivity index (χ2n) is 4.22. The molecule has 88 valence electrons. The first-order chi connectivity index (χ1) is 7.13. The van der Waals surface area contributed by atoms with Crippen LogP contribution in [0.25, 0.3) is 0 Å². The molecule has 2 atom stereocenters. The summed E-state index contributed by atoms with van der Waals surface area (Å²) in [5.74, 6) is -0.756. The lowest BCUT2D eigenvalue weighted by atomic mass is 10.1. The van der Waals surface area contributed by atoms with Crippen molar-refractivity contribution < 1.29 is 14.6 Å². The number of carboxylic acids is 1. The minimum absolute atomic E-state index is 0.120. The van der Waals surface area contributed by atoms with Crippen LogP contribution in [0.5, 0.6) is 0 Å². The first kappa shape index (κ1) is 12.5. The Balaban J connectivity index is 2.43. The monoisotopic (exact) mass is 215 g/mol. The maximum Gasteiger partial charge on any atom is 0.317 e. The number of hydrogen-bond donors (Lipinski definition) is 1. The van der Waals surface area contributed by atoms with Gasteiger partial charge in [-0.2, -0.15) is 0 Å². The predicted octanol–water partition coefficient (Wildman–Crippen LogP) is 1.35. The Morgan fingerprint density at radius 1 is 1.67 bits per heavy atom. The van der Waals surface area contributed by atoms with Crippen molar-refractivity contribution in [3.05, 3.63) is 0 Å². The van der Waals surface area contributed by atoms with E-state index in [-0.39, 0.29) is 12.6 Å². The molecule has 0 spiro atoms. The van der Waals surface area contributed by atoms with Gasteiger partial charge in [-0.05, 0) is 26.2 Å². The molecule has 15 heavy (non-hydrogen) atoms. The maximum atomic E-state index is 10.7. The average molecular weight is 215 g/mol. The summed E-state index contributed by atoms with van der Waals surface area (Å²) in [6, 6.07) is 0.310. The van der Waals surface area contributed by atoms with Gasteiger partial charge in [0.1, 0.15) is 0 Å². The van der Waals surface area contributed by atoms with E-state index >= 15 is 0 Å². The third kappa shape index (κ3) is 4.18. The second-order valence-corrected chi connectivity index (χ2v) is 4.22. The highest BCUT2D eigenvalue weighted by Gasteiger charge is 2.23. The standard InChI is InChI=1S/C11H21NO3/c1-3-9(2)12(8-11(13)14)7-10-5-4-6-15-10/h9-10H,3-8H2,1-2H3,(H,13,14). The van der Waals surface area contributed by atoms with Crippen molar-refractivity contribution in [2.45, 2.75) is 45.3 Å². The van der Waals surface area contributed by atoms with E-state index in [9.17, 15) is 4.79 Å². The van der Waals surface area contributed by atoms with E-state index < -0.39 is 5.97 Å². The fourth-order valence-corrected chi connectivity index (χ4v) is 1.88. The van der Waals surface area contributed by atoms with Crippen LogP contribution in [0.15, 0.2) is 0 Å². The number of nitrogens with zero attached hydrogens (tertiary/aromatic N) is 1. The van der Waals surface area contributed by atoms with Crippen molar-refractivity contribution in [2.24, 2.45) is 0 Å². The molecule has 0 amide bonds. The Labute approximate surface area is 91.2 Å². The summed E-state index contributed by atoms with van der Waals surface area (Å²) in [5.41, 5.74) is 0. The lowest BCUT2D eigenvalue weighted by Crippen LogP contribution is -2.41. The van der Waals surface area contributed by atoms with Gasteiger partial charge in [-0.15, -0.1) is 0 Å². The van der Waals surface area contributed by atoms with E-state index in [1.165, 1.54) is 0 Å². The first-order valence-electron chi connectivity index (χ1n) is 5.71. The normalized spacial score (nSPS) is 23.3. The molecule has 1 fully saturated rings. The minimum atomic E-state index is -0.756. The van der Waals surface area contributed by atoms with Crippen LogP contribution in [0.3, 0.4) is 0 Å². The Morgan fingerprint density at radius 2 is 2.40 bits per heavy atom. The summed E-state index contributed by atoms with van der Waals surface area (Å²) >= 11 is 0. The van der Waals surface area contributed by atoms with Crippen molar-refractivity contribution in [3.63, 3.8) is 0 Å². The van der Waals surface area contributed by atoms with Gasteiger partial charge in [0.25, 0.3) is 0 Å². The third-order valence-electron chi connectivity index (χ3n) is 3.01. The Morgan fingerprint density at radius 3 is 2.87 bits per heavy atom. The molecule has 2 unspecified atom stereocenters. The maximum absolute atomic E-state index is 10.7. The van der Waals surface area contributed by atoms with Crippen molar-refractivity contribution in [1.29, 1.82) is 0 Å². The van der Waals surface area contributed by atoms with E-state index in [2.05, 4.69) is 13.8 Å².